The monoisotopic (exact) mass is 454 g/mol. The number of benzene rings is 3. The number of hydrogen-bond donors (Lipinski definition) is 0. The Morgan fingerprint density at radius 2 is 1.47 bits per heavy atom. The van der Waals surface area contributed by atoms with E-state index in [2.05, 4.69) is 0 Å². The molecule has 172 valence electrons. The predicted molar refractivity (Wildman–Crippen MR) is 128 cm³/mol. The molecule has 0 saturated carbocycles. The summed E-state index contributed by atoms with van der Waals surface area (Å²) in [7, 11) is 0. The van der Waals surface area contributed by atoms with E-state index in [9.17, 15) is 14.4 Å². The second kappa shape index (κ2) is 9.51. The number of ether oxygens (including phenoxy) is 1. The molecule has 5 rings (SSSR count). The van der Waals surface area contributed by atoms with Crippen molar-refractivity contribution in [3.63, 3.8) is 0 Å². The van der Waals surface area contributed by atoms with E-state index in [-0.39, 0.29) is 24.3 Å². The molecule has 6 nitrogen and oxygen atoms in total. The van der Waals surface area contributed by atoms with Gasteiger partial charge >= 0.3 is 0 Å². The molecule has 1 fully saturated rings. The number of carbonyl (C=O) groups excluding carboxylic acids is 3. The van der Waals surface area contributed by atoms with Crippen LogP contribution in [0.3, 0.4) is 0 Å². The minimum Gasteiger partial charge on any atom is -0.493 e. The van der Waals surface area contributed by atoms with Crippen LogP contribution >= 0.6 is 0 Å². The Labute approximate surface area is 198 Å². The summed E-state index contributed by atoms with van der Waals surface area (Å²) in [6.07, 6.45) is 1.79. The third-order valence-electron chi connectivity index (χ3n) is 6.52. The number of carbonyl (C=O) groups is 3. The summed E-state index contributed by atoms with van der Waals surface area (Å²) in [6, 6.07) is 23.9. The SMILES string of the molecule is O=C(c1cccc(CN2C(=O)c3ccccc3C2=O)c1)N1CCC(COc2ccccc2)CC1. The summed E-state index contributed by atoms with van der Waals surface area (Å²) in [5, 5.41) is 0. The second-order valence-corrected chi connectivity index (χ2v) is 8.80. The van der Waals surface area contributed by atoms with Crippen molar-refractivity contribution in [1.29, 1.82) is 0 Å². The van der Waals surface area contributed by atoms with Crippen LogP contribution in [0.4, 0.5) is 0 Å². The van der Waals surface area contributed by atoms with Crippen molar-refractivity contribution < 1.29 is 19.1 Å². The van der Waals surface area contributed by atoms with Crippen molar-refractivity contribution in [2.75, 3.05) is 19.7 Å². The molecular formula is C28H26N2O4. The van der Waals surface area contributed by atoms with Crippen molar-refractivity contribution in [3.05, 3.63) is 101 Å². The lowest BCUT2D eigenvalue weighted by Gasteiger charge is -2.32. The predicted octanol–water partition coefficient (Wildman–Crippen LogP) is 4.41. The van der Waals surface area contributed by atoms with Crippen LogP contribution in [-0.4, -0.2) is 47.2 Å². The highest BCUT2D eigenvalue weighted by atomic mass is 16.5. The highest BCUT2D eigenvalue weighted by Gasteiger charge is 2.35. The first-order valence-corrected chi connectivity index (χ1v) is 11.6. The minimum atomic E-state index is -0.294. The fraction of sp³-hybridized carbons (Fsp3) is 0.250. The molecule has 0 aromatic heterocycles. The molecule has 0 atom stereocenters. The molecule has 0 spiro atoms. The number of likely N-dealkylation sites (tertiary alicyclic amines) is 1. The molecule has 6 heteroatoms. The molecule has 0 aliphatic carbocycles. The lowest BCUT2D eigenvalue weighted by atomic mass is 9.97. The zero-order valence-corrected chi connectivity index (χ0v) is 18.9. The summed E-state index contributed by atoms with van der Waals surface area (Å²) < 4.78 is 5.88. The van der Waals surface area contributed by atoms with Crippen LogP contribution in [0, 0.1) is 5.92 Å². The van der Waals surface area contributed by atoms with Gasteiger partial charge in [0.1, 0.15) is 5.75 Å². The molecule has 1 saturated heterocycles. The van der Waals surface area contributed by atoms with E-state index in [0.29, 0.717) is 42.3 Å². The summed E-state index contributed by atoms with van der Waals surface area (Å²) in [5.74, 6) is 0.682. The number of nitrogens with zero attached hydrogens (tertiary/aromatic N) is 2. The molecule has 0 N–H and O–H groups in total. The van der Waals surface area contributed by atoms with Crippen LogP contribution in [0.1, 0.15) is 49.5 Å². The standard InChI is InChI=1S/C28H26N2O4/c31-26(29-15-13-20(14-16-29)19-34-23-9-2-1-3-10-23)22-8-6-7-21(17-22)18-30-27(32)24-11-4-5-12-25(24)28(30)33/h1-12,17,20H,13-16,18-19H2. The molecule has 34 heavy (non-hydrogen) atoms. The molecule has 2 aliphatic rings. The smallest absolute Gasteiger partial charge is 0.261 e. The highest BCUT2D eigenvalue weighted by Crippen LogP contribution is 2.25. The average Bonchev–Trinajstić information content (AvgIpc) is 3.13. The van der Waals surface area contributed by atoms with Crippen molar-refractivity contribution in [3.8, 4) is 5.75 Å². The number of para-hydroxylation sites is 1. The van der Waals surface area contributed by atoms with E-state index in [1.807, 2.05) is 41.3 Å². The van der Waals surface area contributed by atoms with Crippen molar-refractivity contribution in [2.45, 2.75) is 19.4 Å². The molecule has 3 aromatic carbocycles. The van der Waals surface area contributed by atoms with Crippen LogP contribution in [-0.2, 0) is 6.54 Å². The van der Waals surface area contributed by atoms with Crippen molar-refractivity contribution in [2.24, 2.45) is 5.92 Å². The van der Waals surface area contributed by atoms with E-state index in [1.54, 1.807) is 42.5 Å². The highest BCUT2D eigenvalue weighted by molar-refractivity contribution is 6.21. The lowest BCUT2D eigenvalue weighted by molar-refractivity contribution is 0.0641. The van der Waals surface area contributed by atoms with E-state index in [1.165, 1.54) is 4.90 Å². The summed E-state index contributed by atoms with van der Waals surface area (Å²) in [5.41, 5.74) is 2.19. The van der Waals surface area contributed by atoms with E-state index in [0.717, 1.165) is 24.2 Å². The van der Waals surface area contributed by atoms with Gasteiger partial charge in [0.15, 0.2) is 0 Å². The molecule has 3 amide bonds. The maximum atomic E-state index is 13.1. The molecule has 2 heterocycles. The zero-order chi connectivity index (χ0) is 23.5. The van der Waals surface area contributed by atoms with Gasteiger partial charge in [-0.15, -0.1) is 0 Å². The quantitative estimate of drug-likeness (QED) is 0.518. The second-order valence-electron chi connectivity index (χ2n) is 8.80. The van der Waals surface area contributed by atoms with Gasteiger partial charge < -0.3 is 9.64 Å². The van der Waals surface area contributed by atoms with E-state index in [4.69, 9.17) is 4.74 Å². The van der Waals surface area contributed by atoms with Gasteiger partial charge in [0.05, 0.1) is 24.3 Å². The Bertz CT molecular complexity index is 1180. The van der Waals surface area contributed by atoms with Gasteiger partial charge in [-0.2, -0.15) is 0 Å². The van der Waals surface area contributed by atoms with Crippen LogP contribution < -0.4 is 4.74 Å². The number of hydrogen-bond acceptors (Lipinski definition) is 4. The Morgan fingerprint density at radius 1 is 0.824 bits per heavy atom. The fourth-order valence-electron chi connectivity index (χ4n) is 4.58. The zero-order valence-electron chi connectivity index (χ0n) is 18.9. The Morgan fingerprint density at radius 3 is 2.15 bits per heavy atom. The Kier molecular flexibility index (Phi) is 6.12. The minimum absolute atomic E-state index is 0.0216. The van der Waals surface area contributed by atoms with Gasteiger partial charge in [0.2, 0.25) is 0 Å². The van der Waals surface area contributed by atoms with Gasteiger partial charge in [-0.25, -0.2) is 0 Å². The fourth-order valence-corrected chi connectivity index (χ4v) is 4.58. The van der Waals surface area contributed by atoms with Gasteiger partial charge in [-0.05, 0) is 60.7 Å². The van der Waals surface area contributed by atoms with Crippen LogP contribution in [0.5, 0.6) is 5.75 Å². The molecule has 0 radical (unpaired) electrons. The summed E-state index contributed by atoms with van der Waals surface area (Å²) >= 11 is 0. The van der Waals surface area contributed by atoms with E-state index >= 15 is 0 Å². The summed E-state index contributed by atoms with van der Waals surface area (Å²) in [6.45, 7) is 2.17. The molecule has 3 aromatic rings. The number of rotatable bonds is 6. The van der Waals surface area contributed by atoms with Crippen LogP contribution in [0.25, 0.3) is 0 Å². The van der Waals surface area contributed by atoms with Gasteiger partial charge in [0, 0.05) is 18.7 Å². The maximum absolute atomic E-state index is 13.1. The number of imide groups is 1. The topological polar surface area (TPSA) is 66.9 Å². The molecular weight excluding hydrogens is 428 g/mol. The van der Waals surface area contributed by atoms with Crippen molar-refractivity contribution >= 4 is 17.7 Å². The number of amides is 3. The normalized spacial score (nSPS) is 16.0. The van der Waals surface area contributed by atoms with E-state index < -0.39 is 0 Å². The van der Waals surface area contributed by atoms with Gasteiger partial charge in [-0.1, -0.05) is 42.5 Å². The summed E-state index contributed by atoms with van der Waals surface area (Å²) in [4.78, 5) is 41.6. The first-order valence-electron chi connectivity index (χ1n) is 11.6. The maximum Gasteiger partial charge on any atom is 0.261 e. The molecule has 0 bridgehead atoms. The number of fused-ring (bicyclic) bond motifs is 1. The van der Waals surface area contributed by atoms with Crippen LogP contribution in [0.2, 0.25) is 0 Å². The largest absolute Gasteiger partial charge is 0.493 e. The first-order chi connectivity index (χ1) is 16.6. The molecule has 0 unspecified atom stereocenters. The Hall–Kier alpha value is -3.93. The third kappa shape index (κ3) is 4.44. The molecule has 2 aliphatic heterocycles. The first kappa shape index (κ1) is 21.9. The lowest BCUT2D eigenvalue weighted by Crippen LogP contribution is -2.39. The van der Waals surface area contributed by atoms with Crippen molar-refractivity contribution in [1.82, 2.24) is 9.80 Å². The van der Waals surface area contributed by atoms with Gasteiger partial charge in [-0.3, -0.25) is 19.3 Å². The average molecular weight is 455 g/mol. The number of piperidine rings is 1. The van der Waals surface area contributed by atoms with Crippen LogP contribution in [0.15, 0.2) is 78.9 Å². The van der Waals surface area contributed by atoms with Gasteiger partial charge in [0.25, 0.3) is 17.7 Å². The third-order valence-corrected chi connectivity index (χ3v) is 6.52. The Balaban J connectivity index is 1.18.